The van der Waals surface area contributed by atoms with Gasteiger partial charge < -0.3 is 20.3 Å². The third-order valence-electron chi connectivity index (χ3n) is 6.46. The average Bonchev–Trinajstić information content (AvgIpc) is 2.87. The minimum Gasteiger partial charge on any atom is -0.444 e. The predicted molar refractivity (Wildman–Crippen MR) is 153 cm³/mol. The Morgan fingerprint density at radius 2 is 1.53 bits per heavy atom. The van der Waals surface area contributed by atoms with E-state index in [4.69, 9.17) is 4.74 Å². The zero-order valence-corrected chi connectivity index (χ0v) is 24.0. The summed E-state index contributed by atoms with van der Waals surface area (Å²) in [6, 6.07) is 19.7. The number of amides is 3. The van der Waals surface area contributed by atoms with Crippen molar-refractivity contribution in [2.24, 2.45) is 0 Å². The van der Waals surface area contributed by atoms with Crippen molar-refractivity contribution in [3.05, 3.63) is 71.8 Å². The quantitative estimate of drug-likeness (QED) is 0.462. The molecule has 0 spiro atoms. The molecule has 1 saturated heterocycles. The third-order valence-corrected chi connectivity index (χ3v) is 7.56. The molecular weight excluding hydrogens is 498 g/mol. The molecule has 3 amide bonds. The van der Waals surface area contributed by atoms with Crippen molar-refractivity contribution in [2.75, 3.05) is 18.8 Å². The van der Waals surface area contributed by atoms with E-state index >= 15 is 0 Å². The highest BCUT2D eigenvalue weighted by Crippen LogP contribution is 2.28. The van der Waals surface area contributed by atoms with E-state index in [1.807, 2.05) is 41.3 Å². The maximum absolute atomic E-state index is 13.6. The fraction of sp³-hybridized carbons (Fsp3) is 0.500. The molecule has 1 heterocycles. The van der Waals surface area contributed by atoms with Crippen LogP contribution in [0.4, 0.5) is 4.79 Å². The van der Waals surface area contributed by atoms with Crippen molar-refractivity contribution >= 4 is 29.7 Å². The monoisotopic (exact) mass is 539 g/mol. The van der Waals surface area contributed by atoms with Crippen molar-refractivity contribution in [3.8, 4) is 0 Å². The topological polar surface area (TPSA) is 87.7 Å². The Morgan fingerprint density at radius 3 is 2.11 bits per heavy atom. The number of ether oxygens (including phenoxy) is 1. The molecule has 0 aliphatic carbocycles. The summed E-state index contributed by atoms with van der Waals surface area (Å²) in [5.74, 6) is 1.08. The van der Waals surface area contributed by atoms with E-state index in [0.29, 0.717) is 24.8 Å². The second-order valence-corrected chi connectivity index (χ2v) is 12.3. The van der Waals surface area contributed by atoms with Crippen molar-refractivity contribution in [3.63, 3.8) is 0 Å². The number of nitrogens with zero attached hydrogens (tertiary/aromatic N) is 1. The third kappa shape index (κ3) is 9.08. The van der Waals surface area contributed by atoms with Crippen molar-refractivity contribution in [1.82, 2.24) is 15.5 Å². The molecule has 1 unspecified atom stereocenters. The van der Waals surface area contributed by atoms with E-state index in [2.05, 4.69) is 34.9 Å². The van der Waals surface area contributed by atoms with E-state index in [1.165, 1.54) is 5.56 Å². The van der Waals surface area contributed by atoms with E-state index < -0.39 is 29.2 Å². The van der Waals surface area contributed by atoms with Gasteiger partial charge in [0.1, 0.15) is 17.2 Å². The molecule has 1 aliphatic heterocycles. The summed E-state index contributed by atoms with van der Waals surface area (Å²) in [6.07, 6.45) is 1.10. The highest BCUT2D eigenvalue weighted by molar-refractivity contribution is 7.98. The summed E-state index contributed by atoms with van der Waals surface area (Å²) in [6.45, 7) is 9.80. The van der Waals surface area contributed by atoms with Crippen LogP contribution in [0.15, 0.2) is 60.7 Å². The van der Waals surface area contributed by atoms with Crippen LogP contribution in [0.2, 0.25) is 0 Å². The Hall–Kier alpha value is -3.00. The van der Waals surface area contributed by atoms with Gasteiger partial charge in [0.05, 0.1) is 0 Å². The van der Waals surface area contributed by atoms with Gasteiger partial charge in [-0.15, -0.1) is 0 Å². The van der Waals surface area contributed by atoms with Gasteiger partial charge in [-0.3, -0.25) is 9.59 Å². The molecule has 1 atom stereocenters. The first-order chi connectivity index (χ1) is 17.9. The summed E-state index contributed by atoms with van der Waals surface area (Å²) in [7, 11) is 0. The van der Waals surface area contributed by atoms with Gasteiger partial charge in [-0.05, 0) is 64.5 Å². The molecule has 2 aromatic rings. The fourth-order valence-electron chi connectivity index (χ4n) is 4.38. The predicted octanol–water partition coefficient (Wildman–Crippen LogP) is 5.11. The molecule has 0 radical (unpaired) electrons. The first-order valence-electron chi connectivity index (χ1n) is 13.2. The number of rotatable bonds is 9. The molecule has 1 fully saturated rings. The van der Waals surface area contributed by atoms with Crippen molar-refractivity contribution < 1.29 is 19.1 Å². The van der Waals surface area contributed by atoms with Gasteiger partial charge >= 0.3 is 6.09 Å². The molecule has 1 aliphatic rings. The minimum absolute atomic E-state index is 0.0847. The lowest BCUT2D eigenvalue weighted by Crippen LogP contribution is -2.60. The first kappa shape index (κ1) is 29.6. The van der Waals surface area contributed by atoms with Crippen LogP contribution in [-0.2, 0) is 20.1 Å². The molecule has 206 valence electrons. The number of nitrogens with one attached hydrogen (secondary N) is 2. The van der Waals surface area contributed by atoms with Crippen LogP contribution < -0.4 is 10.6 Å². The van der Waals surface area contributed by atoms with Crippen LogP contribution in [0.25, 0.3) is 0 Å². The molecule has 7 nitrogen and oxygen atoms in total. The maximum atomic E-state index is 13.6. The number of hydrogen-bond donors (Lipinski definition) is 2. The fourth-order valence-corrected chi connectivity index (χ4v) is 5.38. The number of alkyl carbamates (subject to hydrolysis) is 1. The Kier molecular flexibility index (Phi) is 10.3. The Morgan fingerprint density at radius 1 is 0.947 bits per heavy atom. The van der Waals surface area contributed by atoms with Gasteiger partial charge in [-0.2, -0.15) is 11.8 Å². The van der Waals surface area contributed by atoms with Crippen LogP contribution >= 0.6 is 11.8 Å². The second-order valence-electron chi connectivity index (χ2n) is 11.3. The Balaban J connectivity index is 1.65. The molecule has 2 aromatic carbocycles. The molecule has 38 heavy (non-hydrogen) atoms. The van der Waals surface area contributed by atoms with Gasteiger partial charge in [0.2, 0.25) is 11.8 Å². The zero-order valence-electron chi connectivity index (χ0n) is 23.2. The molecule has 0 aromatic heterocycles. The Labute approximate surface area is 231 Å². The molecule has 8 heteroatoms. The summed E-state index contributed by atoms with van der Waals surface area (Å²) < 4.78 is 5.32. The van der Waals surface area contributed by atoms with Crippen LogP contribution in [0, 0.1) is 0 Å². The van der Waals surface area contributed by atoms with Crippen LogP contribution in [0.5, 0.6) is 0 Å². The smallest absolute Gasteiger partial charge is 0.408 e. The number of thioether (sulfide) groups is 1. The largest absolute Gasteiger partial charge is 0.444 e. The summed E-state index contributed by atoms with van der Waals surface area (Å²) in [4.78, 5) is 41.1. The molecule has 3 rings (SSSR count). The lowest BCUT2D eigenvalue weighted by molar-refractivity contribution is -0.138. The first-order valence-corrected chi connectivity index (χ1v) is 14.4. The lowest BCUT2D eigenvalue weighted by atomic mass is 9.89. The van der Waals surface area contributed by atoms with Crippen LogP contribution in [-0.4, -0.2) is 58.8 Å². The average molecular weight is 540 g/mol. The van der Waals surface area contributed by atoms with E-state index in [0.717, 1.165) is 24.2 Å². The lowest BCUT2D eigenvalue weighted by Gasteiger charge is -2.35. The Bertz CT molecular complexity index is 1060. The summed E-state index contributed by atoms with van der Waals surface area (Å²) in [5, 5.41) is 5.57. The van der Waals surface area contributed by atoms with E-state index in [-0.39, 0.29) is 5.91 Å². The highest BCUT2D eigenvalue weighted by Gasteiger charge is 2.36. The van der Waals surface area contributed by atoms with Gasteiger partial charge in [-0.25, -0.2) is 4.79 Å². The number of likely N-dealkylation sites (tertiary alicyclic amines) is 1. The standard InChI is InChI=1S/C30H41N3O4S/c1-29(2,3)37-28(36)32-30(4,5)27(35)31-25(21-38-20-22-12-8-6-9-13-22)26(34)33-18-16-24(17-19-33)23-14-10-7-11-15-23/h6-15,24-25H,16-21H2,1-5H3,(H,31,35)(H,32,36). The van der Waals surface area contributed by atoms with Crippen molar-refractivity contribution in [2.45, 2.75) is 76.3 Å². The number of benzene rings is 2. The normalized spacial score (nSPS) is 15.4. The van der Waals surface area contributed by atoms with Gasteiger partial charge in [0, 0.05) is 24.6 Å². The van der Waals surface area contributed by atoms with E-state index in [1.54, 1.807) is 46.4 Å². The SMILES string of the molecule is CC(C)(C)OC(=O)NC(C)(C)C(=O)NC(CSCc1ccccc1)C(=O)N1CCC(c2ccccc2)CC1. The van der Waals surface area contributed by atoms with Gasteiger partial charge in [-0.1, -0.05) is 60.7 Å². The number of hydrogen-bond acceptors (Lipinski definition) is 5. The summed E-state index contributed by atoms with van der Waals surface area (Å²) in [5.41, 5.74) is 0.517. The number of carbonyl (C=O) groups excluding carboxylic acids is 3. The van der Waals surface area contributed by atoms with E-state index in [9.17, 15) is 14.4 Å². The minimum atomic E-state index is -1.26. The van der Waals surface area contributed by atoms with Gasteiger partial charge in [0.15, 0.2) is 0 Å². The molecule has 0 saturated carbocycles. The number of piperidine rings is 1. The van der Waals surface area contributed by atoms with Gasteiger partial charge in [0.25, 0.3) is 0 Å². The molecular formula is C30H41N3O4S. The molecule has 0 bridgehead atoms. The zero-order chi connectivity index (χ0) is 27.8. The summed E-state index contributed by atoms with van der Waals surface area (Å²) >= 11 is 1.60. The number of carbonyl (C=O) groups is 3. The van der Waals surface area contributed by atoms with Crippen LogP contribution in [0.1, 0.15) is 64.5 Å². The maximum Gasteiger partial charge on any atom is 0.408 e. The second kappa shape index (κ2) is 13.2. The highest BCUT2D eigenvalue weighted by atomic mass is 32.2. The van der Waals surface area contributed by atoms with Crippen molar-refractivity contribution in [1.29, 1.82) is 0 Å². The molecule has 2 N–H and O–H groups in total. The van der Waals surface area contributed by atoms with Crippen LogP contribution in [0.3, 0.4) is 0 Å².